The van der Waals surface area contributed by atoms with Gasteiger partial charge in [0.05, 0.1) is 16.1 Å². The first-order valence-corrected chi connectivity index (χ1v) is 14.3. The van der Waals surface area contributed by atoms with Gasteiger partial charge in [0.25, 0.3) is 21.8 Å². The predicted octanol–water partition coefficient (Wildman–Crippen LogP) is 4.47. The number of sulfonamides is 1. The molecule has 0 bridgehead atoms. The smallest absolute Gasteiger partial charge is 0.264 e. The van der Waals surface area contributed by atoms with Gasteiger partial charge in [-0.15, -0.1) is 11.3 Å². The Labute approximate surface area is 221 Å². The minimum absolute atomic E-state index is 0.0780. The van der Waals surface area contributed by atoms with Gasteiger partial charge in [0.15, 0.2) is 0 Å². The topological polar surface area (TPSA) is 122 Å². The SMILES string of the molecule is CCN(c1ccccc1)S(=O)(=O)c1ccc(C(=O)Nc2sc3c(c2C(N)=O)CC(C)(C)NC3(C)C)cc1. The average molecular weight is 541 g/mol. The number of rotatable bonds is 7. The molecule has 196 valence electrons. The van der Waals surface area contributed by atoms with Gasteiger partial charge in [-0.05, 0) is 83.0 Å². The maximum atomic E-state index is 13.3. The largest absolute Gasteiger partial charge is 0.365 e. The standard InChI is InChI=1S/C27H32N4O4S2/c1-6-31(18-10-8-7-9-11-18)37(34,35)19-14-12-17(13-15-19)24(33)29-25-21(23(28)32)20-16-26(2,3)30-27(4,5)22(20)36-25/h7-15,30H,6,16H2,1-5H3,(H2,28,32)(H,29,33). The Morgan fingerprint density at radius 3 is 2.24 bits per heavy atom. The summed E-state index contributed by atoms with van der Waals surface area (Å²) in [5.41, 5.74) is 7.10. The minimum atomic E-state index is -3.81. The summed E-state index contributed by atoms with van der Waals surface area (Å²) < 4.78 is 27.8. The number of hydrogen-bond donors (Lipinski definition) is 3. The number of carbonyl (C=O) groups excluding carboxylic acids is 2. The third-order valence-corrected chi connectivity index (χ3v) is 9.74. The van der Waals surface area contributed by atoms with Crippen LogP contribution in [-0.2, 0) is 22.0 Å². The molecule has 0 radical (unpaired) electrons. The highest BCUT2D eigenvalue weighted by Gasteiger charge is 2.41. The van der Waals surface area contributed by atoms with E-state index in [1.807, 2.05) is 19.9 Å². The summed E-state index contributed by atoms with van der Waals surface area (Å²) in [6.07, 6.45) is 0.596. The first kappa shape index (κ1) is 26.8. The number of amides is 2. The normalized spacial score (nSPS) is 16.0. The zero-order valence-corrected chi connectivity index (χ0v) is 23.2. The molecular weight excluding hydrogens is 508 g/mol. The van der Waals surface area contributed by atoms with E-state index in [2.05, 4.69) is 24.5 Å². The van der Waals surface area contributed by atoms with Gasteiger partial charge in [0, 0.05) is 28.1 Å². The first-order valence-electron chi connectivity index (χ1n) is 12.0. The van der Waals surface area contributed by atoms with Gasteiger partial charge >= 0.3 is 0 Å². The third-order valence-electron chi connectivity index (χ3n) is 6.35. The third kappa shape index (κ3) is 5.14. The number of hydrogen-bond acceptors (Lipinski definition) is 6. The molecule has 0 spiro atoms. The second-order valence-electron chi connectivity index (χ2n) is 10.3. The Balaban J connectivity index is 1.62. The van der Waals surface area contributed by atoms with Crippen LogP contribution >= 0.6 is 11.3 Å². The van der Waals surface area contributed by atoms with Gasteiger partial charge < -0.3 is 16.4 Å². The molecule has 2 aromatic carbocycles. The van der Waals surface area contributed by atoms with Crippen LogP contribution < -0.4 is 20.7 Å². The maximum absolute atomic E-state index is 13.3. The van der Waals surface area contributed by atoms with Crippen molar-refractivity contribution in [3.05, 3.63) is 76.2 Å². The van der Waals surface area contributed by atoms with Crippen LogP contribution in [0, 0.1) is 0 Å². The van der Waals surface area contributed by atoms with Gasteiger partial charge in [0.1, 0.15) is 5.00 Å². The van der Waals surface area contributed by atoms with Crippen molar-refractivity contribution in [3.8, 4) is 0 Å². The van der Waals surface area contributed by atoms with Crippen LogP contribution in [0.25, 0.3) is 0 Å². The van der Waals surface area contributed by atoms with E-state index in [1.165, 1.54) is 39.9 Å². The molecular formula is C27H32N4O4S2. The fourth-order valence-electron chi connectivity index (χ4n) is 5.04. The van der Waals surface area contributed by atoms with Gasteiger partial charge in [-0.1, -0.05) is 18.2 Å². The number of carbonyl (C=O) groups is 2. The average Bonchev–Trinajstić information content (AvgIpc) is 3.17. The van der Waals surface area contributed by atoms with Gasteiger partial charge in [0.2, 0.25) is 0 Å². The number of para-hydroxylation sites is 1. The Morgan fingerprint density at radius 2 is 1.68 bits per heavy atom. The Bertz CT molecular complexity index is 1440. The lowest BCUT2D eigenvalue weighted by Crippen LogP contribution is -2.55. The minimum Gasteiger partial charge on any atom is -0.365 e. The fourth-order valence-corrected chi connectivity index (χ4v) is 7.79. The van der Waals surface area contributed by atoms with E-state index in [1.54, 1.807) is 31.2 Å². The summed E-state index contributed by atoms with van der Waals surface area (Å²) in [6, 6.07) is 14.6. The number of anilines is 2. The molecule has 0 fully saturated rings. The van der Waals surface area contributed by atoms with Gasteiger partial charge in [-0.2, -0.15) is 0 Å². The van der Waals surface area contributed by atoms with Crippen molar-refractivity contribution in [1.82, 2.24) is 5.32 Å². The summed E-state index contributed by atoms with van der Waals surface area (Å²) in [6.45, 7) is 10.2. The van der Waals surface area contributed by atoms with Crippen molar-refractivity contribution < 1.29 is 18.0 Å². The predicted molar refractivity (Wildman–Crippen MR) is 148 cm³/mol. The van der Waals surface area contributed by atoms with Crippen molar-refractivity contribution in [2.45, 2.75) is 57.0 Å². The molecule has 2 heterocycles. The summed E-state index contributed by atoms with van der Waals surface area (Å²) in [5.74, 6) is -1.05. The molecule has 0 saturated carbocycles. The molecule has 1 aromatic heterocycles. The highest BCUT2D eigenvalue weighted by Crippen LogP contribution is 2.45. The maximum Gasteiger partial charge on any atom is 0.264 e. The first-order chi connectivity index (χ1) is 17.3. The van der Waals surface area contributed by atoms with Crippen LogP contribution in [-0.4, -0.2) is 32.3 Å². The van der Waals surface area contributed by atoms with Crippen molar-refractivity contribution in [3.63, 3.8) is 0 Å². The molecule has 0 saturated heterocycles. The number of nitrogens with one attached hydrogen (secondary N) is 2. The van der Waals surface area contributed by atoms with Crippen molar-refractivity contribution >= 4 is 43.9 Å². The van der Waals surface area contributed by atoms with E-state index in [4.69, 9.17) is 5.73 Å². The van der Waals surface area contributed by atoms with E-state index in [0.717, 1.165) is 10.4 Å². The summed E-state index contributed by atoms with van der Waals surface area (Å²) in [7, 11) is -3.81. The van der Waals surface area contributed by atoms with Crippen LogP contribution in [0.4, 0.5) is 10.7 Å². The van der Waals surface area contributed by atoms with Gasteiger partial charge in [-0.3, -0.25) is 13.9 Å². The van der Waals surface area contributed by atoms with E-state index in [0.29, 0.717) is 22.7 Å². The number of thiophene rings is 1. The second kappa shape index (κ2) is 9.59. The molecule has 0 atom stereocenters. The second-order valence-corrected chi connectivity index (χ2v) is 13.2. The zero-order valence-electron chi connectivity index (χ0n) is 21.6. The van der Waals surface area contributed by atoms with Crippen LogP contribution in [0.2, 0.25) is 0 Å². The molecule has 8 nitrogen and oxygen atoms in total. The molecule has 0 aliphatic carbocycles. The number of primary amides is 1. The number of fused-ring (bicyclic) bond motifs is 1. The van der Waals surface area contributed by atoms with E-state index < -0.39 is 27.4 Å². The molecule has 4 N–H and O–H groups in total. The zero-order chi connectivity index (χ0) is 27.2. The molecule has 37 heavy (non-hydrogen) atoms. The Kier molecular flexibility index (Phi) is 6.96. The van der Waals surface area contributed by atoms with Gasteiger partial charge in [-0.25, -0.2) is 8.42 Å². The molecule has 0 unspecified atom stereocenters. The quantitative estimate of drug-likeness (QED) is 0.408. The van der Waals surface area contributed by atoms with Crippen LogP contribution in [0.5, 0.6) is 0 Å². The Morgan fingerprint density at radius 1 is 1.05 bits per heavy atom. The molecule has 4 rings (SSSR count). The number of benzene rings is 2. The van der Waals surface area contributed by atoms with Crippen LogP contribution in [0.3, 0.4) is 0 Å². The van der Waals surface area contributed by atoms with E-state index in [-0.39, 0.29) is 22.5 Å². The van der Waals surface area contributed by atoms with E-state index in [9.17, 15) is 18.0 Å². The molecule has 10 heteroatoms. The molecule has 3 aromatic rings. The van der Waals surface area contributed by atoms with Crippen molar-refractivity contribution in [1.29, 1.82) is 0 Å². The summed E-state index contributed by atoms with van der Waals surface area (Å²) in [4.78, 5) is 26.6. The van der Waals surface area contributed by atoms with Crippen LogP contribution in [0.15, 0.2) is 59.5 Å². The Hall–Kier alpha value is -3.21. The number of nitrogens with zero attached hydrogens (tertiary/aromatic N) is 1. The lowest BCUT2D eigenvalue weighted by molar-refractivity contribution is 0.0999. The lowest BCUT2D eigenvalue weighted by atomic mass is 9.81. The molecule has 1 aliphatic rings. The van der Waals surface area contributed by atoms with Crippen LogP contribution in [0.1, 0.15) is 65.8 Å². The lowest BCUT2D eigenvalue weighted by Gasteiger charge is -2.42. The fraction of sp³-hybridized carbons (Fsp3) is 0.333. The summed E-state index contributed by atoms with van der Waals surface area (Å²) >= 11 is 1.34. The van der Waals surface area contributed by atoms with Crippen molar-refractivity contribution in [2.75, 3.05) is 16.2 Å². The van der Waals surface area contributed by atoms with E-state index >= 15 is 0 Å². The number of nitrogens with two attached hydrogens (primary N) is 1. The highest BCUT2D eigenvalue weighted by atomic mass is 32.2. The van der Waals surface area contributed by atoms with Crippen molar-refractivity contribution in [2.24, 2.45) is 5.73 Å². The highest BCUT2D eigenvalue weighted by molar-refractivity contribution is 7.92. The molecule has 2 amide bonds. The molecule has 1 aliphatic heterocycles. The monoisotopic (exact) mass is 540 g/mol. The summed E-state index contributed by atoms with van der Waals surface area (Å²) in [5, 5.41) is 6.82.